The molecule has 0 spiro atoms. The summed E-state index contributed by atoms with van der Waals surface area (Å²) < 4.78 is 18.3. The Morgan fingerprint density at radius 1 is 1.38 bits per heavy atom. The van der Waals surface area contributed by atoms with E-state index in [4.69, 9.17) is 4.74 Å². The van der Waals surface area contributed by atoms with Gasteiger partial charge in [-0.1, -0.05) is 0 Å². The Balaban J connectivity index is 2.27. The van der Waals surface area contributed by atoms with E-state index < -0.39 is 6.03 Å². The molecule has 21 heavy (non-hydrogen) atoms. The first-order valence-corrected chi connectivity index (χ1v) is 7.12. The molecular formula is C13H17BrFN3O3. The van der Waals surface area contributed by atoms with Crippen LogP contribution in [0.3, 0.4) is 0 Å². The number of hydrogen-bond acceptors (Lipinski definition) is 4. The minimum atomic E-state index is -0.511. The zero-order valence-electron chi connectivity index (χ0n) is 11.7. The molecule has 0 aliphatic carbocycles. The summed E-state index contributed by atoms with van der Waals surface area (Å²) in [6, 6.07) is 3.49. The Bertz CT molecular complexity index is 511. The van der Waals surface area contributed by atoms with Crippen molar-refractivity contribution in [2.75, 3.05) is 12.0 Å². The van der Waals surface area contributed by atoms with Crippen LogP contribution in [0.1, 0.15) is 20.3 Å². The fraction of sp³-hybridized carbons (Fsp3) is 0.385. The smallest absolute Gasteiger partial charge is 0.333 e. The highest BCUT2D eigenvalue weighted by Gasteiger charge is 2.07. The molecule has 1 aromatic rings. The lowest BCUT2D eigenvalue weighted by molar-refractivity contribution is -0.147. The van der Waals surface area contributed by atoms with Crippen LogP contribution in [0.25, 0.3) is 0 Å². The minimum absolute atomic E-state index is 0.0891. The Labute approximate surface area is 130 Å². The van der Waals surface area contributed by atoms with E-state index in [1.165, 1.54) is 18.2 Å². The summed E-state index contributed by atoms with van der Waals surface area (Å²) in [7, 11) is 0. The van der Waals surface area contributed by atoms with Gasteiger partial charge in [0.25, 0.3) is 0 Å². The van der Waals surface area contributed by atoms with Crippen LogP contribution < -0.4 is 16.2 Å². The molecule has 0 aromatic heterocycles. The number of ether oxygens (including phenoxy) is 1. The van der Waals surface area contributed by atoms with Gasteiger partial charge in [-0.3, -0.25) is 15.6 Å². The summed E-state index contributed by atoms with van der Waals surface area (Å²) in [6.07, 6.45) is -0.0879. The fourth-order valence-electron chi connectivity index (χ4n) is 1.36. The fourth-order valence-corrected chi connectivity index (χ4v) is 1.81. The number of urea groups is 1. The molecule has 0 saturated carbocycles. The number of esters is 1. The van der Waals surface area contributed by atoms with Gasteiger partial charge in [-0.05, 0) is 48.0 Å². The molecule has 0 aliphatic rings. The summed E-state index contributed by atoms with van der Waals surface area (Å²) in [6.45, 7) is 3.66. The molecule has 8 heteroatoms. The number of carbonyl (C=O) groups is 2. The third-order valence-corrected chi connectivity index (χ3v) is 2.88. The van der Waals surface area contributed by atoms with Crippen molar-refractivity contribution in [2.45, 2.75) is 26.4 Å². The van der Waals surface area contributed by atoms with Gasteiger partial charge in [0.2, 0.25) is 0 Å². The highest BCUT2D eigenvalue weighted by molar-refractivity contribution is 9.10. The Morgan fingerprint density at radius 3 is 2.71 bits per heavy atom. The first kappa shape index (κ1) is 17.2. The summed E-state index contributed by atoms with van der Waals surface area (Å²) in [5, 5.41) is 2.49. The van der Waals surface area contributed by atoms with Crippen molar-refractivity contribution in [2.24, 2.45) is 0 Å². The molecule has 3 N–H and O–H groups in total. The number of benzene rings is 1. The predicted molar refractivity (Wildman–Crippen MR) is 80.1 cm³/mol. The Hall–Kier alpha value is -1.83. The number of hydrazine groups is 1. The van der Waals surface area contributed by atoms with Gasteiger partial charge < -0.3 is 10.1 Å². The molecule has 0 heterocycles. The molecule has 0 fully saturated rings. The summed E-state index contributed by atoms with van der Waals surface area (Å²) >= 11 is 3.16. The van der Waals surface area contributed by atoms with Crippen molar-refractivity contribution in [3.8, 4) is 0 Å². The van der Waals surface area contributed by atoms with E-state index in [0.717, 1.165) is 0 Å². The minimum Gasteiger partial charge on any atom is -0.463 e. The van der Waals surface area contributed by atoms with Crippen LogP contribution in [-0.4, -0.2) is 24.6 Å². The Kier molecular flexibility index (Phi) is 6.93. The molecule has 0 unspecified atom stereocenters. The molecule has 2 amide bonds. The second-order valence-corrected chi connectivity index (χ2v) is 5.27. The lowest BCUT2D eigenvalue weighted by atomic mass is 10.3. The van der Waals surface area contributed by atoms with Gasteiger partial charge in [0.1, 0.15) is 5.82 Å². The van der Waals surface area contributed by atoms with Crippen molar-refractivity contribution >= 4 is 33.6 Å². The van der Waals surface area contributed by atoms with E-state index >= 15 is 0 Å². The van der Waals surface area contributed by atoms with Gasteiger partial charge in [0.15, 0.2) is 0 Å². The maximum atomic E-state index is 12.9. The number of anilines is 1. The highest BCUT2D eigenvalue weighted by Crippen LogP contribution is 2.21. The van der Waals surface area contributed by atoms with Crippen molar-refractivity contribution in [3.05, 3.63) is 28.5 Å². The molecule has 1 rings (SSSR count). The lowest BCUT2D eigenvalue weighted by Crippen LogP contribution is -2.40. The second-order valence-electron chi connectivity index (χ2n) is 4.42. The molecule has 1 aromatic carbocycles. The molecule has 0 aliphatic heterocycles. The van der Waals surface area contributed by atoms with E-state index in [9.17, 15) is 14.0 Å². The number of nitrogens with one attached hydrogen (secondary N) is 3. The van der Waals surface area contributed by atoms with Crippen LogP contribution in [0.5, 0.6) is 0 Å². The molecule has 6 nitrogen and oxygen atoms in total. The van der Waals surface area contributed by atoms with Crippen molar-refractivity contribution in [3.63, 3.8) is 0 Å². The van der Waals surface area contributed by atoms with E-state index in [-0.39, 0.29) is 30.9 Å². The maximum Gasteiger partial charge on any atom is 0.333 e. The van der Waals surface area contributed by atoms with E-state index in [2.05, 4.69) is 32.1 Å². The monoisotopic (exact) mass is 361 g/mol. The summed E-state index contributed by atoms with van der Waals surface area (Å²) in [4.78, 5) is 22.7. The summed E-state index contributed by atoms with van der Waals surface area (Å²) in [5.41, 5.74) is 5.49. The zero-order valence-corrected chi connectivity index (χ0v) is 13.3. The first-order valence-electron chi connectivity index (χ1n) is 6.33. The van der Waals surface area contributed by atoms with Gasteiger partial charge in [0, 0.05) is 11.0 Å². The van der Waals surface area contributed by atoms with Gasteiger partial charge in [-0.25, -0.2) is 9.18 Å². The van der Waals surface area contributed by atoms with Gasteiger partial charge in [0.05, 0.1) is 18.2 Å². The molecule has 0 bridgehead atoms. The average molecular weight is 362 g/mol. The molecule has 0 atom stereocenters. The topological polar surface area (TPSA) is 79.5 Å². The predicted octanol–water partition coefficient (Wildman–Crippen LogP) is 2.56. The van der Waals surface area contributed by atoms with E-state index in [0.29, 0.717) is 10.2 Å². The maximum absolute atomic E-state index is 12.9. The quantitative estimate of drug-likeness (QED) is 0.537. The van der Waals surface area contributed by atoms with Crippen molar-refractivity contribution < 1.29 is 18.7 Å². The number of hydrogen-bond donors (Lipinski definition) is 3. The number of halogens is 2. The lowest BCUT2D eigenvalue weighted by Gasteiger charge is -2.11. The van der Waals surface area contributed by atoms with Gasteiger partial charge >= 0.3 is 12.0 Å². The van der Waals surface area contributed by atoms with Crippen LogP contribution in [0.15, 0.2) is 22.7 Å². The van der Waals surface area contributed by atoms with Crippen LogP contribution in [0, 0.1) is 5.82 Å². The SMILES string of the molecule is CC(C)OC(=O)CCNC(=O)NNc1ccc(F)cc1Br. The van der Waals surface area contributed by atoms with Gasteiger partial charge in [-0.15, -0.1) is 0 Å². The summed E-state index contributed by atoms with van der Waals surface area (Å²) in [5.74, 6) is -0.764. The molecule has 0 saturated heterocycles. The van der Waals surface area contributed by atoms with E-state index in [1.54, 1.807) is 13.8 Å². The zero-order chi connectivity index (χ0) is 15.8. The second kappa shape index (κ2) is 8.46. The van der Waals surface area contributed by atoms with Crippen LogP contribution in [0.4, 0.5) is 14.9 Å². The standard InChI is InChI=1S/C13H17BrFN3O3/c1-8(2)21-12(19)5-6-16-13(20)18-17-11-4-3-9(15)7-10(11)14/h3-4,7-8,17H,5-6H2,1-2H3,(H2,16,18,20). The van der Waals surface area contributed by atoms with Crippen molar-refractivity contribution in [1.29, 1.82) is 0 Å². The third-order valence-electron chi connectivity index (χ3n) is 2.22. The van der Waals surface area contributed by atoms with Gasteiger partial charge in [-0.2, -0.15) is 0 Å². The van der Waals surface area contributed by atoms with Crippen LogP contribution >= 0.6 is 15.9 Å². The van der Waals surface area contributed by atoms with Crippen LogP contribution in [0.2, 0.25) is 0 Å². The molecular weight excluding hydrogens is 345 g/mol. The number of rotatable bonds is 6. The molecule has 0 radical (unpaired) electrons. The highest BCUT2D eigenvalue weighted by atomic mass is 79.9. The molecule has 116 valence electrons. The Morgan fingerprint density at radius 2 is 2.10 bits per heavy atom. The number of carbonyl (C=O) groups excluding carboxylic acids is 2. The average Bonchev–Trinajstić information content (AvgIpc) is 2.36. The normalized spacial score (nSPS) is 10.1. The first-order chi connectivity index (χ1) is 9.88. The number of amides is 2. The van der Waals surface area contributed by atoms with E-state index in [1.807, 2.05) is 0 Å². The van der Waals surface area contributed by atoms with Crippen LogP contribution in [-0.2, 0) is 9.53 Å². The van der Waals surface area contributed by atoms with Crippen molar-refractivity contribution in [1.82, 2.24) is 10.7 Å². The largest absolute Gasteiger partial charge is 0.463 e. The third kappa shape index (κ3) is 6.94.